The van der Waals surface area contributed by atoms with Crippen molar-refractivity contribution in [1.29, 1.82) is 0 Å². The van der Waals surface area contributed by atoms with E-state index in [1.807, 2.05) is 0 Å². The minimum absolute atomic E-state index is 0.00189. The van der Waals surface area contributed by atoms with Gasteiger partial charge in [0.2, 0.25) is 17.7 Å². The van der Waals surface area contributed by atoms with Crippen molar-refractivity contribution < 1.29 is 33.8 Å². The molecule has 3 rings (SSSR count). The van der Waals surface area contributed by atoms with E-state index < -0.39 is 29.3 Å². The number of carbonyl (C=O) groups is 4. The lowest BCUT2D eigenvalue weighted by molar-refractivity contribution is -0.144. The monoisotopic (exact) mass is 548 g/mol. The zero-order valence-electron chi connectivity index (χ0n) is 22.6. The number of hydrogen-bond acceptors (Lipinski definition) is 11. The molecule has 0 saturated carbocycles. The topological polar surface area (TPSA) is 183 Å². The quantitative estimate of drug-likeness (QED) is 0.289. The standard InChI is InChI=1S/C27H28N6O7/c1-27(2,3)25(38)33-26-31-21-17(22(35)32-26)12-16(14-29-21)7-6-15-8-9-18(28-13-15)23(36)30-19(24(37)40-5)10-11-20(34)39-4/h8-9,12-14,19H,10-11H2,1-5H3,(H,30,36)(H2,29,31,32,33,35,38)/t19-/m1/s1. The molecule has 13 heteroatoms. The van der Waals surface area contributed by atoms with E-state index in [2.05, 4.69) is 51.9 Å². The minimum Gasteiger partial charge on any atom is -0.493 e. The lowest BCUT2D eigenvalue weighted by atomic mass is 9.96. The molecule has 2 amide bonds. The third kappa shape index (κ3) is 7.70. The van der Waals surface area contributed by atoms with Gasteiger partial charge in [-0.3, -0.25) is 19.7 Å². The second-order valence-corrected chi connectivity index (χ2v) is 9.52. The molecule has 208 valence electrons. The molecule has 0 fully saturated rings. The van der Waals surface area contributed by atoms with Gasteiger partial charge in [-0.2, -0.15) is 9.97 Å². The fourth-order valence-electron chi connectivity index (χ4n) is 3.14. The van der Waals surface area contributed by atoms with Crippen molar-refractivity contribution >= 4 is 40.7 Å². The average Bonchev–Trinajstić information content (AvgIpc) is 2.93. The average molecular weight is 549 g/mol. The molecule has 0 aliphatic rings. The Balaban J connectivity index is 1.72. The molecule has 0 unspecified atom stereocenters. The number of amides is 2. The summed E-state index contributed by atoms with van der Waals surface area (Å²) in [5.74, 6) is 3.18. The molecule has 3 heterocycles. The number of methoxy groups -OCH3 is 2. The molecule has 3 aromatic rings. The van der Waals surface area contributed by atoms with Gasteiger partial charge in [0.1, 0.15) is 11.7 Å². The predicted molar refractivity (Wildman–Crippen MR) is 142 cm³/mol. The molecular formula is C27H28N6O7. The minimum atomic E-state index is -1.05. The van der Waals surface area contributed by atoms with Gasteiger partial charge in [-0.25, -0.2) is 14.8 Å². The number of aromatic nitrogens is 4. The van der Waals surface area contributed by atoms with Crippen LogP contribution in [0.3, 0.4) is 0 Å². The van der Waals surface area contributed by atoms with E-state index in [1.165, 1.54) is 32.7 Å². The van der Waals surface area contributed by atoms with E-state index in [4.69, 9.17) is 0 Å². The molecule has 0 aromatic carbocycles. The number of aromatic hydroxyl groups is 1. The Kier molecular flexibility index (Phi) is 9.28. The Labute approximate surface area is 229 Å². The van der Waals surface area contributed by atoms with Gasteiger partial charge in [-0.15, -0.1) is 0 Å². The highest BCUT2D eigenvalue weighted by molar-refractivity contribution is 5.95. The highest BCUT2D eigenvalue weighted by Gasteiger charge is 2.24. The fraction of sp³-hybridized carbons (Fsp3) is 0.333. The molecule has 1 atom stereocenters. The molecule has 13 nitrogen and oxygen atoms in total. The number of esters is 2. The summed E-state index contributed by atoms with van der Waals surface area (Å²) < 4.78 is 9.25. The number of anilines is 1. The number of carbonyl (C=O) groups excluding carboxylic acids is 4. The fourth-order valence-corrected chi connectivity index (χ4v) is 3.14. The van der Waals surface area contributed by atoms with Gasteiger partial charge in [0.25, 0.3) is 5.91 Å². The van der Waals surface area contributed by atoms with E-state index >= 15 is 0 Å². The zero-order valence-corrected chi connectivity index (χ0v) is 22.6. The normalized spacial score (nSPS) is 11.5. The third-order valence-electron chi connectivity index (χ3n) is 5.44. The summed E-state index contributed by atoms with van der Waals surface area (Å²) >= 11 is 0. The lowest BCUT2D eigenvalue weighted by Crippen LogP contribution is -2.42. The van der Waals surface area contributed by atoms with Crippen LogP contribution in [0, 0.1) is 17.3 Å². The Morgan fingerprint density at radius 2 is 1.70 bits per heavy atom. The summed E-state index contributed by atoms with van der Waals surface area (Å²) in [6, 6.07) is 3.50. The Morgan fingerprint density at radius 3 is 2.33 bits per heavy atom. The number of pyridine rings is 2. The van der Waals surface area contributed by atoms with Crippen molar-refractivity contribution in [1.82, 2.24) is 25.3 Å². The van der Waals surface area contributed by atoms with Gasteiger partial charge in [0.15, 0.2) is 5.65 Å². The third-order valence-corrected chi connectivity index (χ3v) is 5.44. The van der Waals surface area contributed by atoms with Gasteiger partial charge in [0, 0.05) is 35.4 Å². The Bertz CT molecular complexity index is 1500. The van der Waals surface area contributed by atoms with Crippen molar-refractivity contribution in [3.05, 3.63) is 47.4 Å². The summed E-state index contributed by atoms with van der Waals surface area (Å²) in [6.07, 6.45) is 2.75. The van der Waals surface area contributed by atoms with Gasteiger partial charge in [-0.1, -0.05) is 32.6 Å². The number of ether oxygens (including phenoxy) is 2. The molecular weight excluding hydrogens is 520 g/mol. The molecule has 40 heavy (non-hydrogen) atoms. The number of rotatable bonds is 7. The van der Waals surface area contributed by atoms with E-state index in [1.54, 1.807) is 32.9 Å². The summed E-state index contributed by atoms with van der Waals surface area (Å²) in [4.78, 5) is 64.5. The highest BCUT2D eigenvalue weighted by Crippen LogP contribution is 2.23. The van der Waals surface area contributed by atoms with Crippen LogP contribution in [0.2, 0.25) is 0 Å². The summed E-state index contributed by atoms with van der Waals surface area (Å²) in [6.45, 7) is 5.21. The maximum atomic E-state index is 12.6. The van der Waals surface area contributed by atoms with E-state index in [0.29, 0.717) is 11.1 Å². The summed E-state index contributed by atoms with van der Waals surface area (Å²) in [5, 5.41) is 15.7. The highest BCUT2D eigenvalue weighted by atomic mass is 16.5. The van der Waals surface area contributed by atoms with Crippen molar-refractivity contribution in [2.24, 2.45) is 5.41 Å². The molecule has 3 N–H and O–H groups in total. The molecule has 0 spiro atoms. The van der Waals surface area contributed by atoms with E-state index in [9.17, 15) is 24.3 Å². The van der Waals surface area contributed by atoms with Gasteiger partial charge in [-0.05, 0) is 24.6 Å². The maximum absolute atomic E-state index is 12.6. The number of nitrogens with zero attached hydrogens (tertiary/aromatic N) is 4. The molecule has 0 aliphatic carbocycles. The summed E-state index contributed by atoms with van der Waals surface area (Å²) in [7, 11) is 2.40. The summed E-state index contributed by atoms with van der Waals surface area (Å²) in [5.41, 5.74) is 0.464. The van der Waals surface area contributed by atoms with Crippen molar-refractivity contribution in [2.75, 3.05) is 19.5 Å². The number of fused-ring (bicyclic) bond motifs is 1. The van der Waals surface area contributed by atoms with Crippen LogP contribution in [0.15, 0.2) is 30.6 Å². The van der Waals surface area contributed by atoms with E-state index in [0.717, 1.165) is 0 Å². The lowest BCUT2D eigenvalue weighted by Gasteiger charge is -2.16. The van der Waals surface area contributed by atoms with Crippen LogP contribution in [0.1, 0.15) is 55.2 Å². The van der Waals surface area contributed by atoms with Gasteiger partial charge < -0.3 is 19.9 Å². The number of hydrogen-bond donors (Lipinski definition) is 3. The second-order valence-electron chi connectivity index (χ2n) is 9.52. The predicted octanol–water partition coefficient (Wildman–Crippen LogP) is 1.73. The van der Waals surface area contributed by atoms with Crippen LogP contribution in [-0.4, -0.2) is 69.1 Å². The molecule has 0 saturated heterocycles. The van der Waals surface area contributed by atoms with Gasteiger partial charge in [0.05, 0.1) is 19.6 Å². The molecule has 3 aromatic heterocycles. The van der Waals surface area contributed by atoms with Crippen LogP contribution in [0.4, 0.5) is 5.95 Å². The molecule has 0 bridgehead atoms. The van der Waals surface area contributed by atoms with Crippen LogP contribution in [0.5, 0.6) is 5.88 Å². The largest absolute Gasteiger partial charge is 0.493 e. The van der Waals surface area contributed by atoms with Gasteiger partial charge >= 0.3 is 11.9 Å². The van der Waals surface area contributed by atoms with Crippen LogP contribution < -0.4 is 10.6 Å². The number of nitrogens with one attached hydrogen (secondary N) is 2. The smallest absolute Gasteiger partial charge is 0.328 e. The Morgan fingerprint density at radius 1 is 1.00 bits per heavy atom. The maximum Gasteiger partial charge on any atom is 0.328 e. The van der Waals surface area contributed by atoms with Crippen LogP contribution >= 0.6 is 0 Å². The van der Waals surface area contributed by atoms with Crippen molar-refractivity contribution in [2.45, 2.75) is 39.7 Å². The second kappa shape index (κ2) is 12.6. The first-order valence-electron chi connectivity index (χ1n) is 12.0. The van der Waals surface area contributed by atoms with Crippen LogP contribution in [-0.2, 0) is 23.9 Å². The first-order valence-corrected chi connectivity index (χ1v) is 12.0. The Hall–Kier alpha value is -5.12. The van der Waals surface area contributed by atoms with Crippen molar-refractivity contribution in [3.63, 3.8) is 0 Å². The molecule has 0 aliphatic heterocycles. The first kappa shape index (κ1) is 29.4. The van der Waals surface area contributed by atoms with E-state index in [-0.39, 0.29) is 47.3 Å². The SMILES string of the molecule is COC(=O)CC[C@@H](NC(=O)c1ccc(C#Cc2cnc3nc(NC(=O)C(C)(C)C)nc(O)c3c2)cn1)C(=O)OC. The first-order chi connectivity index (χ1) is 18.9. The van der Waals surface area contributed by atoms with Crippen molar-refractivity contribution in [3.8, 4) is 17.7 Å². The zero-order chi connectivity index (χ0) is 29.4. The van der Waals surface area contributed by atoms with Crippen LogP contribution in [0.25, 0.3) is 11.0 Å². The molecule has 0 radical (unpaired) electrons.